The minimum atomic E-state index is -0.995. The molecule has 0 spiro atoms. The maximum absolute atomic E-state index is 14.3. The number of halogens is 1. The van der Waals surface area contributed by atoms with E-state index in [1.54, 1.807) is 24.3 Å². The van der Waals surface area contributed by atoms with Gasteiger partial charge in [0.05, 0.1) is 23.6 Å². The minimum Gasteiger partial charge on any atom is -0.451 e. The van der Waals surface area contributed by atoms with Crippen molar-refractivity contribution in [1.29, 1.82) is 0 Å². The van der Waals surface area contributed by atoms with Crippen LogP contribution in [-0.2, 0) is 19.1 Å². The third kappa shape index (κ3) is 4.14. The number of carbonyl (C=O) groups is 3. The Balaban J connectivity index is 1.32. The molecule has 7 heteroatoms. The van der Waals surface area contributed by atoms with Crippen LogP contribution in [-0.4, -0.2) is 28.7 Å². The van der Waals surface area contributed by atoms with E-state index >= 15 is 0 Å². The van der Waals surface area contributed by atoms with E-state index in [9.17, 15) is 14.4 Å². The Hall–Kier alpha value is -4.68. The van der Waals surface area contributed by atoms with Crippen LogP contribution < -0.4 is 4.90 Å². The fourth-order valence-electron chi connectivity index (χ4n) is 6.47. The van der Waals surface area contributed by atoms with Crippen molar-refractivity contribution in [3.05, 3.63) is 143 Å². The van der Waals surface area contributed by atoms with E-state index in [0.717, 1.165) is 22.3 Å². The van der Waals surface area contributed by atoms with Gasteiger partial charge < -0.3 is 9.64 Å². The second kappa shape index (κ2) is 10.1. The van der Waals surface area contributed by atoms with Crippen molar-refractivity contribution in [3.63, 3.8) is 0 Å². The van der Waals surface area contributed by atoms with Gasteiger partial charge in [-0.1, -0.05) is 103 Å². The summed E-state index contributed by atoms with van der Waals surface area (Å²) in [6, 6.07) is 32.0. The van der Waals surface area contributed by atoms with Gasteiger partial charge in [-0.05, 0) is 46.5 Å². The first-order valence-corrected chi connectivity index (χ1v) is 13.9. The summed E-state index contributed by atoms with van der Waals surface area (Å²) in [4.78, 5) is 45.5. The molecule has 4 aromatic rings. The molecule has 2 amide bonds. The number of esters is 1. The molecule has 7 rings (SSSR count). The smallest absolute Gasteiger partial charge is 0.330 e. The number of ether oxygens (including phenoxy) is 1. The van der Waals surface area contributed by atoms with E-state index in [1.165, 1.54) is 4.90 Å². The highest BCUT2D eigenvalue weighted by Crippen LogP contribution is 2.53. The molecule has 0 N–H and O–H groups in total. The lowest BCUT2D eigenvalue weighted by Gasteiger charge is -2.35. The lowest BCUT2D eigenvalue weighted by atomic mass is 9.84. The third-order valence-corrected chi connectivity index (χ3v) is 8.44. The second-order valence-corrected chi connectivity index (χ2v) is 10.9. The predicted octanol–water partition coefficient (Wildman–Crippen LogP) is 6.19. The first-order chi connectivity index (χ1) is 20.0. The molecule has 0 radical (unpaired) electrons. The van der Waals surface area contributed by atoms with Crippen LogP contribution in [0.1, 0.15) is 34.4 Å². The van der Waals surface area contributed by atoms with Crippen LogP contribution in [0.4, 0.5) is 5.69 Å². The number of imide groups is 1. The van der Waals surface area contributed by atoms with E-state index in [2.05, 4.69) is 0 Å². The Labute approximate surface area is 242 Å². The SMILES string of the molecule is O=C(OC(c1ccccc1)c1ccccc1)C1C2C(=O)N(c3cccc(Cl)c3)C(=O)C2C2c3ccccc3C=CN12. The standard InChI is InChI=1S/C34H25ClN2O4/c35-24-15-9-16-25(20-24)37-32(38)27-28(33(37)39)30(36-19-18-21-10-7-8-17-26(21)29(27)36)34(40)41-31(22-11-3-1-4-12-22)23-13-5-2-6-14-23/h1-20,27-31H. The normalized spacial score (nSPS) is 22.5. The summed E-state index contributed by atoms with van der Waals surface area (Å²) in [6.45, 7) is 0. The van der Waals surface area contributed by atoms with E-state index < -0.39 is 41.9 Å². The van der Waals surface area contributed by atoms with Crippen molar-refractivity contribution >= 4 is 41.1 Å². The highest BCUT2D eigenvalue weighted by Gasteiger charge is 2.65. The van der Waals surface area contributed by atoms with Gasteiger partial charge in [-0.15, -0.1) is 0 Å². The average molecular weight is 561 g/mol. The fourth-order valence-corrected chi connectivity index (χ4v) is 6.65. The van der Waals surface area contributed by atoms with Gasteiger partial charge in [-0.2, -0.15) is 0 Å². The molecule has 0 bridgehead atoms. The second-order valence-electron chi connectivity index (χ2n) is 10.5. The number of amides is 2. The van der Waals surface area contributed by atoms with Gasteiger partial charge in [0.2, 0.25) is 11.8 Å². The maximum atomic E-state index is 14.3. The first-order valence-electron chi connectivity index (χ1n) is 13.5. The highest BCUT2D eigenvalue weighted by molar-refractivity contribution is 6.31. The van der Waals surface area contributed by atoms with Crippen molar-refractivity contribution in [1.82, 2.24) is 4.90 Å². The molecule has 2 saturated heterocycles. The molecule has 3 aliphatic heterocycles. The van der Waals surface area contributed by atoms with E-state index in [-0.39, 0.29) is 5.91 Å². The van der Waals surface area contributed by atoms with E-state index in [0.29, 0.717) is 10.7 Å². The molecule has 4 atom stereocenters. The molecule has 3 aliphatic rings. The Morgan fingerprint density at radius 1 is 0.756 bits per heavy atom. The van der Waals surface area contributed by atoms with Crippen LogP contribution in [0.5, 0.6) is 0 Å². The van der Waals surface area contributed by atoms with Gasteiger partial charge in [-0.3, -0.25) is 9.59 Å². The van der Waals surface area contributed by atoms with Crippen LogP contribution in [0.2, 0.25) is 5.02 Å². The number of rotatable bonds is 5. The van der Waals surface area contributed by atoms with Crippen molar-refractivity contribution in [2.75, 3.05) is 4.90 Å². The Morgan fingerprint density at radius 2 is 1.39 bits per heavy atom. The van der Waals surface area contributed by atoms with Crippen LogP contribution in [0.15, 0.2) is 115 Å². The molecule has 0 aromatic heterocycles. The average Bonchev–Trinajstić information content (AvgIpc) is 3.48. The first kappa shape index (κ1) is 25.3. The summed E-state index contributed by atoms with van der Waals surface area (Å²) in [5.41, 5.74) is 3.87. The lowest BCUT2D eigenvalue weighted by Crippen LogP contribution is -2.45. The zero-order chi connectivity index (χ0) is 28.1. The molecule has 202 valence electrons. The highest BCUT2D eigenvalue weighted by atomic mass is 35.5. The molecule has 41 heavy (non-hydrogen) atoms. The van der Waals surface area contributed by atoms with Gasteiger partial charge in [-0.25, -0.2) is 9.69 Å². The summed E-state index contributed by atoms with van der Waals surface area (Å²) < 4.78 is 6.28. The number of hydrogen-bond donors (Lipinski definition) is 0. The van der Waals surface area contributed by atoms with Crippen LogP contribution in [0, 0.1) is 11.8 Å². The van der Waals surface area contributed by atoms with Crippen molar-refractivity contribution in [2.45, 2.75) is 18.2 Å². The molecular weight excluding hydrogens is 536 g/mol. The van der Waals surface area contributed by atoms with Gasteiger partial charge in [0.25, 0.3) is 0 Å². The maximum Gasteiger partial charge on any atom is 0.330 e. The summed E-state index contributed by atoms with van der Waals surface area (Å²) in [5, 5.41) is 0.414. The van der Waals surface area contributed by atoms with Gasteiger partial charge >= 0.3 is 5.97 Å². The number of hydrogen-bond acceptors (Lipinski definition) is 5. The molecule has 2 fully saturated rings. The quantitative estimate of drug-likeness (QED) is 0.215. The number of anilines is 1. The van der Waals surface area contributed by atoms with Gasteiger partial charge in [0, 0.05) is 11.2 Å². The largest absolute Gasteiger partial charge is 0.451 e. The van der Waals surface area contributed by atoms with Crippen molar-refractivity contribution in [2.24, 2.45) is 11.8 Å². The number of benzene rings is 4. The summed E-state index contributed by atoms with van der Waals surface area (Å²) in [6.07, 6.45) is 3.06. The van der Waals surface area contributed by atoms with Crippen molar-refractivity contribution in [3.8, 4) is 0 Å². The van der Waals surface area contributed by atoms with Gasteiger partial charge in [0.1, 0.15) is 6.04 Å². The van der Waals surface area contributed by atoms with E-state index in [1.807, 2.05) is 102 Å². The molecule has 3 heterocycles. The number of carbonyl (C=O) groups excluding carboxylic acids is 3. The molecule has 4 unspecified atom stereocenters. The third-order valence-electron chi connectivity index (χ3n) is 8.21. The van der Waals surface area contributed by atoms with Crippen LogP contribution in [0.3, 0.4) is 0 Å². The zero-order valence-corrected chi connectivity index (χ0v) is 22.6. The van der Waals surface area contributed by atoms with Gasteiger partial charge in [0.15, 0.2) is 6.10 Å². The number of fused-ring (bicyclic) bond motifs is 5. The molecule has 0 aliphatic carbocycles. The zero-order valence-electron chi connectivity index (χ0n) is 21.8. The summed E-state index contributed by atoms with van der Waals surface area (Å²) in [5.74, 6) is -3.03. The van der Waals surface area contributed by atoms with E-state index in [4.69, 9.17) is 16.3 Å². The molecule has 0 saturated carbocycles. The van der Waals surface area contributed by atoms with Crippen LogP contribution >= 0.6 is 11.6 Å². The monoisotopic (exact) mass is 560 g/mol. The number of nitrogens with zero attached hydrogens (tertiary/aromatic N) is 2. The molecule has 6 nitrogen and oxygen atoms in total. The molecule has 4 aromatic carbocycles. The molecular formula is C34H25ClN2O4. The van der Waals surface area contributed by atoms with Crippen LogP contribution in [0.25, 0.3) is 6.08 Å². The Bertz CT molecular complexity index is 1650. The summed E-state index contributed by atoms with van der Waals surface area (Å²) >= 11 is 6.23. The minimum absolute atomic E-state index is 0.347. The topological polar surface area (TPSA) is 66.9 Å². The predicted molar refractivity (Wildman–Crippen MR) is 156 cm³/mol. The Morgan fingerprint density at radius 3 is 2.07 bits per heavy atom. The fraction of sp³-hybridized carbons (Fsp3) is 0.147. The summed E-state index contributed by atoms with van der Waals surface area (Å²) in [7, 11) is 0. The Kier molecular flexibility index (Phi) is 6.20. The lowest BCUT2D eigenvalue weighted by molar-refractivity contribution is -0.155. The van der Waals surface area contributed by atoms with Crippen molar-refractivity contribution < 1.29 is 19.1 Å².